The molecule has 0 aromatic rings. The number of aliphatic carboxylic acids is 1. The minimum atomic E-state index is -0.705. The number of carbonyl (C=O) groups is 1. The van der Waals surface area contributed by atoms with Gasteiger partial charge in [0.1, 0.15) is 0 Å². The van der Waals surface area contributed by atoms with E-state index in [0.29, 0.717) is 11.8 Å². The van der Waals surface area contributed by atoms with Gasteiger partial charge in [-0.25, -0.2) is 0 Å². The SMILES string of the molecule is CCCCC[C@H](O)/C=C/C1CC2CC(C2)[C@@H]1C/C=C\CCCC(=O)O. The highest BCUT2D eigenvalue weighted by molar-refractivity contribution is 5.66. The van der Waals surface area contributed by atoms with Crippen molar-refractivity contribution in [1.29, 1.82) is 0 Å². The van der Waals surface area contributed by atoms with Gasteiger partial charge < -0.3 is 10.2 Å². The molecule has 3 atom stereocenters. The van der Waals surface area contributed by atoms with Crippen LogP contribution >= 0.6 is 0 Å². The van der Waals surface area contributed by atoms with Crippen LogP contribution in [0.1, 0.15) is 77.6 Å². The number of hydrogen-bond donors (Lipinski definition) is 2. The summed E-state index contributed by atoms with van der Waals surface area (Å²) >= 11 is 0. The van der Waals surface area contributed by atoms with E-state index < -0.39 is 5.97 Å². The second-order valence-electron chi connectivity index (χ2n) is 8.10. The van der Waals surface area contributed by atoms with E-state index in [2.05, 4.69) is 31.2 Å². The van der Waals surface area contributed by atoms with E-state index in [1.54, 1.807) is 0 Å². The highest BCUT2D eigenvalue weighted by Crippen LogP contribution is 2.53. The number of carboxylic acid groups (broad SMARTS) is 1. The lowest BCUT2D eigenvalue weighted by Crippen LogP contribution is -2.41. The minimum Gasteiger partial charge on any atom is -0.481 e. The standard InChI is InChI=1S/C22H36O3/c1-2-3-6-9-20(23)13-12-18-14-17-15-19(16-17)21(18)10-7-4-5-8-11-22(24)25/h4,7,12-13,17-21,23H,2-3,5-6,8-11,14-16H2,1H3,(H,24,25)/b7-4-,13-12+/t17?,18?,19?,20-,21+/m0/s1. The van der Waals surface area contributed by atoms with Gasteiger partial charge in [0.2, 0.25) is 0 Å². The van der Waals surface area contributed by atoms with E-state index in [1.165, 1.54) is 32.1 Å². The third kappa shape index (κ3) is 6.97. The molecule has 3 saturated carbocycles. The second-order valence-corrected chi connectivity index (χ2v) is 8.10. The Labute approximate surface area is 153 Å². The first kappa shape index (κ1) is 20.2. The molecule has 0 aromatic carbocycles. The number of rotatable bonds is 12. The highest BCUT2D eigenvalue weighted by Gasteiger charge is 2.43. The van der Waals surface area contributed by atoms with Crippen molar-refractivity contribution in [2.45, 2.75) is 83.7 Å². The average Bonchev–Trinajstić information content (AvgIpc) is 2.55. The molecule has 0 heterocycles. The molecule has 3 aliphatic carbocycles. The number of fused-ring (bicyclic) bond motifs is 2. The maximum atomic E-state index is 10.5. The first-order chi connectivity index (χ1) is 12.1. The molecule has 3 rings (SSSR count). The van der Waals surface area contributed by atoms with Gasteiger partial charge in [-0.3, -0.25) is 4.79 Å². The Morgan fingerprint density at radius 2 is 1.96 bits per heavy atom. The van der Waals surface area contributed by atoms with Crippen molar-refractivity contribution in [2.75, 3.05) is 0 Å². The summed E-state index contributed by atoms with van der Waals surface area (Å²) in [7, 11) is 0. The van der Waals surface area contributed by atoms with E-state index in [0.717, 1.165) is 43.9 Å². The molecule has 0 saturated heterocycles. The Balaban J connectivity index is 1.76. The number of aliphatic hydroxyl groups is 1. The van der Waals surface area contributed by atoms with Crippen LogP contribution in [-0.2, 0) is 4.79 Å². The first-order valence-corrected chi connectivity index (χ1v) is 10.3. The zero-order valence-corrected chi connectivity index (χ0v) is 15.8. The van der Waals surface area contributed by atoms with Gasteiger partial charge in [0.15, 0.2) is 0 Å². The van der Waals surface area contributed by atoms with Crippen molar-refractivity contribution in [1.82, 2.24) is 0 Å². The quantitative estimate of drug-likeness (QED) is 0.369. The summed E-state index contributed by atoms with van der Waals surface area (Å²) in [5.41, 5.74) is 0. The van der Waals surface area contributed by atoms with E-state index >= 15 is 0 Å². The predicted molar refractivity (Wildman–Crippen MR) is 102 cm³/mol. The van der Waals surface area contributed by atoms with Gasteiger partial charge in [0.05, 0.1) is 6.10 Å². The summed E-state index contributed by atoms with van der Waals surface area (Å²) in [6.45, 7) is 2.19. The maximum Gasteiger partial charge on any atom is 0.303 e. The van der Waals surface area contributed by atoms with Gasteiger partial charge >= 0.3 is 5.97 Å². The maximum absolute atomic E-state index is 10.5. The second kappa shape index (κ2) is 10.8. The summed E-state index contributed by atoms with van der Waals surface area (Å²) in [6, 6.07) is 0. The van der Waals surface area contributed by atoms with Gasteiger partial charge in [-0.05, 0) is 68.6 Å². The summed E-state index contributed by atoms with van der Waals surface area (Å²) in [6.07, 6.45) is 19.9. The number of hydrogen-bond acceptors (Lipinski definition) is 2. The van der Waals surface area contributed by atoms with Crippen LogP contribution in [0, 0.1) is 23.7 Å². The van der Waals surface area contributed by atoms with Crippen LogP contribution in [0.15, 0.2) is 24.3 Å². The smallest absolute Gasteiger partial charge is 0.303 e. The molecule has 0 amide bonds. The normalized spacial score (nSPS) is 29.8. The van der Waals surface area contributed by atoms with E-state index in [4.69, 9.17) is 5.11 Å². The third-order valence-corrected chi connectivity index (χ3v) is 6.05. The van der Waals surface area contributed by atoms with E-state index in [-0.39, 0.29) is 12.5 Å². The molecule has 2 N–H and O–H groups in total. The lowest BCUT2D eigenvalue weighted by atomic mass is 9.55. The van der Waals surface area contributed by atoms with Gasteiger partial charge in [0.25, 0.3) is 0 Å². The Bertz CT molecular complexity index is 448. The molecule has 3 heteroatoms. The number of carboxylic acids is 1. The fraction of sp³-hybridized carbons (Fsp3) is 0.773. The fourth-order valence-electron chi connectivity index (χ4n) is 4.54. The summed E-state index contributed by atoms with van der Waals surface area (Å²) < 4.78 is 0. The monoisotopic (exact) mass is 348 g/mol. The van der Waals surface area contributed by atoms with Crippen molar-refractivity contribution in [3.63, 3.8) is 0 Å². The largest absolute Gasteiger partial charge is 0.481 e. The van der Waals surface area contributed by atoms with Gasteiger partial charge in [-0.1, -0.05) is 50.5 Å². The number of aliphatic hydroxyl groups excluding tert-OH is 1. The van der Waals surface area contributed by atoms with Crippen molar-refractivity contribution >= 4 is 5.97 Å². The minimum absolute atomic E-state index is 0.263. The van der Waals surface area contributed by atoms with Crippen molar-refractivity contribution in [3.05, 3.63) is 24.3 Å². The molecule has 1 unspecified atom stereocenters. The third-order valence-electron chi connectivity index (χ3n) is 6.05. The Kier molecular flexibility index (Phi) is 8.74. The van der Waals surface area contributed by atoms with Gasteiger partial charge in [-0.2, -0.15) is 0 Å². The molecule has 0 spiro atoms. The highest BCUT2D eigenvalue weighted by atomic mass is 16.4. The Morgan fingerprint density at radius 1 is 1.16 bits per heavy atom. The number of allylic oxidation sites excluding steroid dienone is 3. The Hall–Kier alpha value is -1.09. The number of unbranched alkanes of at least 4 members (excludes halogenated alkanes) is 3. The molecule has 3 aliphatic rings. The topological polar surface area (TPSA) is 57.5 Å². The zero-order chi connectivity index (χ0) is 18.1. The lowest BCUT2D eigenvalue weighted by molar-refractivity contribution is -0.137. The molecule has 3 fully saturated rings. The van der Waals surface area contributed by atoms with Crippen molar-refractivity contribution in [3.8, 4) is 0 Å². The van der Waals surface area contributed by atoms with Crippen LogP contribution in [0.5, 0.6) is 0 Å². The van der Waals surface area contributed by atoms with Crippen molar-refractivity contribution in [2.24, 2.45) is 23.7 Å². The fourth-order valence-corrected chi connectivity index (χ4v) is 4.54. The van der Waals surface area contributed by atoms with Crippen LogP contribution in [-0.4, -0.2) is 22.3 Å². The van der Waals surface area contributed by atoms with Crippen LogP contribution in [0.4, 0.5) is 0 Å². The molecular weight excluding hydrogens is 312 g/mol. The summed E-state index contributed by atoms with van der Waals surface area (Å²) in [4.78, 5) is 10.5. The van der Waals surface area contributed by atoms with E-state index in [1.807, 2.05) is 0 Å². The molecule has 2 bridgehead atoms. The predicted octanol–water partition coefficient (Wildman–Crippen LogP) is 5.35. The zero-order valence-electron chi connectivity index (χ0n) is 15.8. The molecule has 142 valence electrons. The lowest BCUT2D eigenvalue weighted by Gasteiger charge is -2.50. The van der Waals surface area contributed by atoms with Crippen LogP contribution in [0.2, 0.25) is 0 Å². The van der Waals surface area contributed by atoms with Crippen molar-refractivity contribution < 1.29 is 15.0 Å². The summed E-state index contributed by atoms with van der Waals surface area (Å²) in [5.74, 6) is 2.38. The molecule has 3 nitrogen and oxygen atoms in total. The molecular formula is C22H36O3. The molecule has 0 aliphatic heterocycles. The summed E-state index contributed by atoms with van der Waals surface area (Å²) in [5, 5.41) is 18.8. The van der Waals surface area contributed by atoms with E-state index in [9.17, 15) is 9.90 Å². The van der Waals surface area contributed by atoms with Crippen LogP contribution in [0.25, 0.3) is 0 Å². The molecule has 0 radical (unpaired) electrons. The van der Waals surface area contributed by atoms with Crippen LogP contribution < -0.4 is 0 Å². The molecule has 25 heavy (non-hydrogen) atoms. The van der Waals surface area contributed by atoms with Gasteiger partial charge in [-0.15, -0.1) is 0 Å². The van der Waals surface area contributed by atoms with Gasteiger partial charge in [0, 0.05) is 6.42 Å². The Morgan fingerprint density at radius 3 is 2.68 bits per heavy atom. The van der Waals surface area contributed by atoms with Crippen LogP contribution in [0.3, 0.4) is 0 Å². The first-order valence-electron chi connectivity index (χ1n) is 10.3. The average molecular weight is 349 g/mol. The molecule has 0 aromatic heterocycles.